The van der Waals surface area contributed by atoms with Gasteiger partial charge in [-0.15, -0.1) is 0 Å². The smallest absolute Gasteiger partial charge is 0.241 e. The van der Waals surface area contributed by atoms with Crippen molar-refractivity contribution in [3.63, 3.8) is 0 Å². The number of amides is 1. The lowest BCUT2D eigenvalue weighted by Crippen LogP contribution is -2.21. The number of carbonyl (C=O) groups excluding carboxylic acids is 1. The monoisotopic (exact) mass is 437 g/mol. The van der Waals surface area contributed by atoms with Crippen LogP contribution in [0.5, 0.6) is 0 Å². The van der Waals surface area contributed by atoms with Gasteiger partial charge in [0.05, 0.1) is 5.71 Å². The van der Waals surface area contributed by atoms with E-state index in [-0.39, 0.29) is 5.91 Å². The number of fused-ring (bicyclic) bond motifs is 3. The van der Waals surface area contributed by atoms with E-state index >= 15 is 0 Å². The van der Waals surface area contributed by atoms with Crippen LogP contribution in [0.25, 0.3) is 10.9 Å². The zero-order valence-electron chi connectivity index (χ0n) is 16.0. The number of hydrazone groups is 1. The minimum absolute atomic E-state index is 0.0567. The Balaban J connectivity index is 1.45. The lowest BCUT2D eigenvalue weighted by atomic mass is 9.95. The molecule has 1 aliphatic carbocycles. The third-order valence-electron chi connectivity index (χ3n) is 5.46. The number of aryl methyl sites for hydroxylation is 2. The first kappa shape index (κ1) is 18.9. The highest BCUT2D eigenvalue weighted by Gasteiger charge is 2.19. The maximum atomic E-state index is 12.4. The average Bonchev–Trinajstić information content (AvgIpc) is 3.05. The van der Waals surface area contributed by atoms with E-state index in [4.69, 9.17) is 0 Å². The van der Waals surface area contributed by atoms with Crippen molar-refractivity contribution in [1.82, 2.24) is 9.99 Å². The molecule has 0 fully saturated rings. The highest BCUT2D eigenvalue weighted by Crippen LogP contribution is 2.32. The van der Waals surface area contributed by atoms with Gasteiger partial charge in [-0.05, 0) is 61.9 Å². The molecule has 0 bridgehead atoms. The fraction of sp³-hybridized carbons (Fsp3) is 0.304. The molecule has 144 valence electrons. The van der Waals surface area contributed by atoms with E-state index in [1.165, 1.54) is 35.0 Å². The number of rotatable bonds is 5. The van der Waals surface area contributed by atoms with E-state index in [2.05, 4.69) is 55.3 Å². The number of nitrogens with zero attached hydrogens (tertiary/aromatic N) is 2. The van der Waals surface area contributed by atoms with Gasteiger partial charge < -0.3 is 4.57 Å². The van der Waals surface area contributed by atoms with E-state index in [0.717, 1.165) is 28.6 Å². The van der Waals surface area contributed by atoms with E-state index in [9.17, 15) is 4.79 Å². The summed E-state index contributed by atoms with van der Waals surface area (Å²) in [6, 6.07) is 16.5. The molecule has 1 N–H and O–H groups in total. The van der Waals surface area contributed by atoms with Crippen LogP contribution < -0.4 is 5.43 Å². The lowest BCUT2D eigenvalue weighted by Gasteiger charge is -2.15. The molecule has 5 heteroatoms. The van der Waals surface area contributed by atoms with Crippen molar-refractivity contribution >= 4 is 38.5 Å². The van der Waals surface area contributed by atoms with Gasteiger partial charge in [0.2, 0.25) is 5.91 Å². The van der Waals surface area contributed by atoms with Gasteiger partial charge >= 0.3 is 0 Å². The van der Waals surface area contributed by atoms with E-state index in [1.54, 1.807) is 0 Å². The van der Waals surface area contributed by atoms with Crippen molar-refractivity contribution in [2.75, 3.05) is 0 Å². The summed E-state index contributed by atoms with van der Waals surface area (Å²) in [7, 11) is 0. The van der Waals surface area contributed by atoms with Gasteiger partial charge in [-0.2, -0.15) is 5.10 Å². The summed E-state index contributed by atoms with van der Waals surface area (Å²) in [6.45, 7) is 2.59. The molecule has 2 aromatic carbocycles. The molecule has 1 heterocycles. The largest absolute Gasteiger partial charge is 0.344 e. The highest BCUT2D eigenvalue weighted by molar-refractivity contribution is 9.10. The minimum Gasteiger partial charge on any atom is -0.344 e. The third kappa shape index (κ3) is 3.90. The Bertz CT molecular complexity index is 1030. The summed E-state index contributed by atoms with van der Waals surface area (Å²) in [4.78, 5) is 12.4. The molecule has 1 aromatic heterocycles. The number of hydrogen-bond donors (Lipinski definition) is 1. The number of nitrogens with one attached hydrogen (secondary N) is 1. The number of halogens is 1. The number of carbonyl (C=O) groups is 1. The van der Waals surface area contributed by atoms with Gasteiger partial charge in [-0.1, -0.05) is 46.3 Å². The summed E-state index contributed by atoms with van der Waals surface area (Å²) >= 11 is 3.43. The van der Waals surface area contributed by atoms with Crippen LogP contribution in [0.1, 0.15) is 43.0 Å². The SMILES string of the molecule is C/C(=N\NC(=O)CCn1c2c(c3ccccc31)CCCC2)c1ccc(Br)cc1. The molecule has 4 rings (SSSR count). The molecule has 0 atom stereocenters. The average molecular weight is 438 g/mol. The summed E-state index contributed by atoms with van der Waals surface area (Å²) in [6.07, 6.45) is 5.15. The Hall–Kier alpha value is -2.40. The summed E-state index contributed by atoms with van der Waals surface area (Å²) in [5, 5.41) is 5.62. The van der Waals surface area contributed by atoms with Gasteiger partial charge in [-0.25, -0.2) is 5.43 Å². The standard InChI is InChI=1S/C23H24BrN3O/c1-16(17-10-12-18(24)13-11-17)25-26-23(28)14-15-27-21-8-4-2-6-19(21)20-7-3-5-9-22(20)27/h2,4,6,8,10-13H,3,5,7,9,14-15H2,1H3,(H,26,28)/b25-16+. The normalized spacial score (nSPS) is 14.1. The highest BCUT2D eigenvalue weighted by atomic mass is 79.9. The van der Waals surface area contributed by atoms with Crippen LogP contribution >= 0.6 is 15.9 Å². The van der Waals surface area contributed by atoms with Crippen LogP contribution in [0.15, 0.2) is 58.1 Å². The number of para-hydroxylation sites is 1. The topological polar surface area (TPSA) is 46.4 Å². The van der Waals surface area contributed by atoms with Crippen molar-refractivity contribution < 1.29 is 4.79 Å². The lowest BCUT2D eigenvalue weighted by molar-refractivity contribution is -0.121. The first-order chi connectivity index (χ1) is 13.6. The first-order valence-corrected chi connectivity index (χ1v) is 10.6. The zero-order chi connectivity index (χ0) is 19.5. The van der Waals surface area contributed by atoms with E-state index in [1.807, 2.05) is 31.2 Å². The van der Waals surface area contributed by atoms with Crippen molar-refractivity contribution in [2.24, 2.45) is 5.10 Å². The summed E-state index contributed by atoms with van der Waals surface area (Å²) in [5.41, 5.74) is 8.64. The van der Waals surface area contributed by atoms with Gasteiger partial charge in [0.15, 0.2) is 0 Å². The molecule has 0 aliphatic heterocycles. The third-order valence-corrected chi connectivity index (χ3v) is 5.99. The quantitative estimate of drug-likeness (QED) is 0.431. The van der Waals surface area contributed by atoms with Crippen LogP contribution in [0.2, 0.25) is 0 Å². The Morgan fingerprint density at radius 2 is 1.86 bits per heavy atom. The second-order valence-electron chi connectivity index (χ2n) is 7.29. The Morgan fingerprint density at radius 1 is 1.11 bits per heavy atom. The maximum Gasteiger partial charge on any atom is 0.241 e. The van der Waals surface area contributed by atoms with Crippen LogP contribution in [-0.4, -0.2) is 16.2 Å². The number of hydrogen-bond acceptors (Lipinski definition) is 2. The predicted molar refractivity (Wildman–Crippen MR) is 118 cm³/mol. The maximum absolute atomic E-state index is 12.4. The molecule has 0 saturated heterocycles. The summed E-state index contributed by atoms with van der Waals surface area (Å²) in [5.74, 6) is -0.0567. The second-order valence-corrected chi connectivity index (χ2v) is 8.21. The predicted octanol–water partition coefficient (Wildman–Crippen LogP) is 5.21. The Kier molecular flexibility index (Phi) is 5.62. The van der Waals surface area contributed by atoms with Crippen molar-refractivity contribution in [1.29, 1.82) is 0 Å². The van der Waals surface area contributed by atoms with E-state index in [0.29, 0.717) is 13.0 Å². The first-order valence-electron chi connectivity index (χ1n) is 9.81. The minimum atomic E-state index is -0.0567. The molecule has 0 saturated carbocycles. The molecule has 0 spiro atoms. The molecule has 3 aromatic rings. The Labute approximate surface area is 173 Å². The van der Waals surface area contributed by atoms with Gasteiger partial charge in [-0.3, -0.25) is 4.79 Å². The van der Waals surface area contributed by atoms with E-state index < -0.39 is 0 Å². The van der Waals surface area contributed by atoms with Crippen molar-refractivity contribution in [3.8, 4) is 0 Å². The summed E-state index contributed by atoms with van der Waals surface area (Å²) < 4.78 is 3.37. The fourth-order valence-corrected chi connectivity index (χ4v) is 4.28. The zero-order valence-corrected chi connectivity index (χ0v) is 17.6. The number of benzene rings is 2. The van der Waals surface area contributed by atoms with Crippen LogP contribution in [0.3, 0.4) is 0 Å². The van der Waals surface area contributed by atoms with Crippen molar-refractivity contribution in [3.05, 3.63) is 69.8 Å². The Morgan fingerprint density at radius 3 is 2.68 bits per heavy atom. The molecule has 1 amide bonds. The molecule has 0 unspecified atom stereocenters. The fourth-order valence-electron chi connectivity index (χ4n) is 4.01. The van der Waals surface area contributed by atoms with Crippen LogP contribution in [-0.2, 0) is 24.2 Å². The van der Waals surface area contributed by atoms with Crippen LogP contribution in [0.4, 0.5) is 0 Å². The van der Waals surface area contributed by atoms with Gasteiger partial charge in [0.25, 0.3) is 0 Å². The van der Waals surface area contributed by atoms with Gasteiger partial charge in [0.1, 0.15) is 0 Å². The molecule has 0 radical (unpaired) electrons. The molecule has 1 aliphatic rings. The van der Waals surface area contributed by atoms with Gasteiger partial charge in [0, 0.05) is 34.0 Å². The number of aromatic nitrogens is 1. The van der Waals surface area contributed by atoms with Crippen LogP contribution in [0, 0.1) is 0 Å². The van der Waals surface area contributed by atoms with Crippen molar-refractivity contribution in [2.45, 2.75) is 45.6 Å². The molecule has 28 heavy (non-hydrogen) atoms. The molecular weight excluding hydrogens is 414 g/mol. The molecular formula is C23H24BrN3O. The molecule has 4 nitrogen and oxygen atoms in total. The second kappa shape index (κ2) is 8.31.